The van der Waals surface area contributed by atoms with E-state index in [1.165, 1.54) is 0 Å². The minimum Gasteiger partial charge on any atom is -0.302 e. The minimum absolute atomic E-state index is 0.263. The smallest absolute Gasteiger partial charge is 0.151 e. The first-order valence-corrected chi connectivity index (χ1v) is 7.13. The van der Waals surface area contributed by atoms with Crippen molar-refractivity contribution in [2.75, 3.05) is 25.1 Å². The minimum atomic E-state index is -2.72. The Morgan fingerprint density at radius 3 is 2.50 bits per heavy atom. The highest BCUT2D eigenvalue weighted by atomic mass is 32.2. The second kappa shape index (κ2) is 4.62. The molecule has 0 saturated carbocycles. The van der Waals surface area contributed by atoms with E-state index in [9.17, 15) is 8.42 Å². The maximum atomic E-state index is 11.3. The van der Waals surface area contributed by atoms with Crippen LogP contribution in [0, 0.1) is 5.92 Å². The molecule has 1 rings (SSSR count). The Balaban J connectivity index is 2.36. The van der Waals surface area contributed by atoms with Crippen LogP contribution in [0.15, 0.2) is 0 Å². The van der Waals surface area contributed by atoms with E-state index in [1.807, 2.05) is 7.05 Å². The molecular weight excluding hydrogens is 198 g/mol. The van der Waals surface area contributed by atoms with Crippen molar-refractivity contribution in [1.29, 1.82) is 0 Å². The van der Waals surface area contributed by atoms with Gasteiger partial charge in [-0.3, -0.25) is 0 Å². The second-order valence-electron chi connectivity index (χ2n) is 4.72. The van der Waals surface area contributed by atoms with Crippen molar-refractivity contribution in [2.24, 2.45) is 5.92 Å². The summed E-state index contributed by atoms with van der Waals surface area (Å²) in [4.78, 5) is 2.20. The van der Waals surface area contributed by atoms with Gasteiger partial charge in [0.15, 0.2) is 9.84 Å². The molecule has 0 aromatic heterocycles. The first-order chi connectivity index (χ1) is 6.41. The molecule has 3 nitrogen and oxygen atoms in total. The van der Waals surface area contributed by atoms with E-state index in [-0.39, 0.29) is 6.04 Å². The molecule has 0 radical (unpaired) electrons. The molecule has 1 unspecified atom stereocenters. The number of nitrogens with zero attached hydrogens (tertiary/aromatic N) is 1. The summed E-state index contributed by atoms with van der Waals surface area (Å²) in [5, 5.41) is 0. The standard InChI is InChI=1S/C10H21NO2S/c1-9(2)4-6-11(3)10-5-7-14(12,13)8-10/h9-10H,4-8H2,1-3H3. The normalized spacial score (nSPS) is 26.2. The van der Waals surface area contributed by atoms with E-state index in [0.717, 1.165) is 19.4 Å². The molecule has 84 valence electrons. The van der Waals surface area contributed by atoms with Crippen LogP contribution >= 0.6 is 0 Å². The van der Waals surface area contributed by atoms with E-state index in [4.69, 9.17) is 0 Å². The maximum Gasteiger partial charge on any atom is 0.151 e. The van der Waals surface area contributed by atoms with Crippen LogP contribution in [-0.2, 0) is 9.84 Å². The van der Waals surface area contributed by atoms with E-state index < -0.39 is 9.84 Å². The Hall–Kier alpha value is -0.0900. The van der Waals surface area contributed by atoms with Crippen molar-refractivity contribution in [3.05, 3.63) is 0 Å². The summed E-state index contributed by atoms with van der Waals surface area (Å²) in [5.74, 6) is 1.43. The highest BCUT2D eigenvalue weighted by molar-refractivity contribution is 7.91. The largest absolute Gasteiger partial charge is 0.302 e. The Labute approximate surface area is 87.4 Å². The Bertz CT molecular complexity index is 272. The van der Waals surface area contributed by atoms with Crippen molar-refractivity contribution in [3.63, 3.8) is 0 Å². The lowest BCUT2D eigenvalue weighted by atomic mass is 10.1. The third-order valence-corrected chi connectivity index (χ3v) is 4.64. The zero-order chi connectivity index (χ0) is 10.8. The van der Waals surface area contributed by atoms with Crippen molar-refractivity contribution in [3.8, 4) is 0 Å². The van der Waals surface area contributed by atoms with Crippen LogP contribution in [0.3, 0.4) is 0 Å². The average Bonchev–Trinajstić information content (AvgIpc) is 2.41. The van der Waals surface area contributed by atoms with Crippen molar-refractivity contribution < 1.29 is 8.42 Å². The summed E-state index contributed by atoms with van der Waals surface area (Å²) in [6.45, 7) is 5.40. The van der Waals surface area contributed by atoms with Gasteiger partial charge in [0.1, 0.15) is 0 Å². The molecule has 0 aliphatic carbocycles. The van der Waals surface area contributed by atoms with Gasteiger partial charge in [-0.2, -0.15) is 0 Å². The molecule has 1 aliphatic rings. The van der Waals surface area contributed by atoms with E-state index in [1.54, 1.807) is 0 Å². The second-order valence-corrected chi connectivity index (χ2v) is 6.95. The molecule has 0 bridgehead atoms. The third kappa shape index (κ3) is 3.58. The van der Waals surface area contributed by atoms with Crippen LogP contribution < -0.4 is 0 Å². The fourth-order valence-corrected chi connectivity index (χ4v) is 3.57. The lowest BCUT2D eigenvalue weighted by Crippen LogP contribution is -2.33. The predicted molar refractivity (Wildman–Crippen MR) is 59.1 cm³/mol. The van der Waals surface area contributed by atoms with Gasteiger partial charge in [-0.25, -0.2) is 8.42 Å². The number of hydrogen-bond acceptors (Lipinski definition) is 3. The molecule has 4 heteroatoms. The van der Waals surface area contributed by atoms with E-state index in [2.05, 4.69) is 18.7 Å². The fourth-order valence-electron chi connectivity index (χ4n) is 1.77. The molecule has 0 N–H and O–H groups in total. The molecule has 1 saturated heterocycles. The van der Waals surface area contributed by atoms with Crippen LogP contribution in [0.5, 0.6) is 0 Å². The highest BCUT2D eigenvalue weighted by Gasteiger charge is 2.30. The van der Waals surface area contributed by atoms with Gasteiger partial charge in [0, 0.05) is 6.04 Å². The first kappa shape index (κ1) is 12.0. The van der Waals surface area contributed by atoms with Gasteiger partial charge in [-0.05, 0) is 32.4 Å². The maximum absolute atomic E-state index is 11.3. The molecule has 1 fully saturated rings. The summed E-state index contributed by atoms with van der Waals surface area (Å²) in [5.41, 5.74) is 0. The fraction of sp³-hybridized carbons (Fsp3) is 1.00. The van der Waals surface area contributed by atoms with Gasteiger partial charge in [0.05, 0.1) is 11.5 Å². The molecule has 0 spiro atoms. The van der Waals surface area contributed by atoms with Gasteiger partial charge >= 0.3 is 0 Å². The van der Waals surface area contributed by atoms with Crippen LogP contribution in [-0.4, -0.2) is 44.5 Å². The van der Waals surface area contributed by atoms with Gasteiger partial charge < -0.3 is 4.90 Å². The van der Waals surface area contributed by atoms with Crippen molar-refractivity contribution in [1.82, 2.24) is 4.90 Å². The van der Waals surface area contributed by atoms with Gasteiger partial charge in [-0.15, -0.1) is 0 Å². The van der Waals surface area contributed by atoms with Crippen LogP contribution in [0.25, 0.3) is 0 Å². The molecule has 14 heavy (non-hydrogen) atoms. The number of rotatable bonds is 4. The molecule has 0 aromatic rings. The number of sulfone groups is 1. The molecule has 1 aliphatic heterocycles. The van der Waals surface area contributed by atoms with Crippen molar-refractivity contribution in [2.45, 2.75) is 32.7 Å². The Morgan fingerprint density at radius 1 is 1.43 bits per heavy atom. The zero-order valence-electron chi connectivity index (χ0n) is 9.36. The van der Waals surface area contributed by atoms with Crippen LogP contribution in [0.1, 0.15) is 26.7 Å². The van der Waals surface area contributed by atoms with Crippen LogP contribution in [0.4, 0.5) is 0 Å². The van der Waals surface area contributed by atoms with E-state index in [0.29, 0.717) is 17.4 Å². The van der Waals surface area contributed by atoms with E-state index >= 15 is 0 Å². The highest BCUT2D eigenvalue weighted by Crippen LogP contribution is 2.17. The molecular formula is C10H21NO2S. The zero-order valence-corrected chi connectivity index (χ0v) is 10.2. The summed E-state index contributed by atoms with van der Waals surface area (Å²) >= 11 is 0. The Kier molecular flexibility index (Phi) is 3.95. The first-order valence-electron chi connectivity index (χ1n) is 5.31. The summed E-state index contributed by atoms with van der Waals surface area (Å²) < 4.78 is 22.5. The Morgan fingerprint density at radius 2 is 2.07 bits per heavy atom. The molecule has 0 amide bonds. The van der Waals surface area contributed by atoms with Gasteiger partial charge in [0.2, 0.25) is 0 Å². The van der Waals surface area contributed by atoms with Crippen LogP contribution in [0.2, 0.25) is 0 Å². The summed E-state index contributed by atoms with van der Waals surface area (Å²) in [6.07, 6.45) is 1.96. The molecule has 0 aromatic carbocycles. The predicted octanol–water partition coefficient (Wildman–Crippen LogP) is 1.15. The molecule has 1 atom stereocenters. The lowest BCUT2D eigenvalue weighted by molar-refractivity contribution is 0.247. The third-order valence-electron chi connectivity index (χ3n) is 2.89. The SMILES string of the molecule is CC(C)CCN(C)C1CCS(=O)(=O)C1. The van der Waals surface area contributed by atoms with Gasteiger partial charge in [-0.1, -0.05) is 13.8 Å². The van der Waals surface area contributed by atoms with Gasteiger partial charge in [0.25, 0.3) is 0 Å². The van der Waals surface area contributed by atoms with Crippen molar-refractivity contribution >= 4 is 9.84 Å². The number of hydrogen-bond donors (Lipinski definition) is 0. The monoisotopic (exact) mass is 219 g/mol. The quantitative estimate of drug-likeness (QED) is 0.712. The summed E-state index contributed by atoms with van der Waals surface area (Å²) in [6, 6.07) is 0.263. The summed E-state index contributed by atoms with van der Waals surface area (Å²) in [7, 11) is -0.685. The molecule has 1 heterocycles. The average molecular weight is 219 g/mol. The lowest BCUT2D eigenvalue weighted by Gasteiger charge is -2.23. The topological polar surface area (TPSA) is 37.4 Å².